The molecule has 2 atom stereocenters. The van der Waals surface area contributed by atoms with Gasteiger partial charge in [0.25, 0.3) is 0 Å². The third-order valence-corrected chi connectivity index (χ3v) is 4.95. The Morgan fingerprint density at radius 3 is 2.61 bits per heavy atom. The number of carbonyl (C=O) groups is 1. The summed E-state index contributed by atoms with van der Waals surface area (Å²) >= 11 is 0. The largest absolute Gasteiger partial charge is 0.493 e. The molecule has 1 aromatic rings. The Bertz CT molecular complexity index is 560. The second-order valence-electron chi connectivity index (χ2n) is 6.17. The molecule has 128 valence electrons. The fourth-order valence-corrected chi connectivity index (χ4v) is 3.21. The van der Waals surface area contributed by atoms with E-state index in [2.05, 4.69) is 0 Å². The highest BCUT2D eigenvalue weighted by atomic mass is 16.5. The van der Waals surface area contributed by atoms with Crippen LogP contribution < -0.4 is 9.47 Å². The number of hydrogen-bond donors (Lipinski definition) is 1. The number of aliphatic hydroxyl groups is 1. The molecule has 1 aromatic carbocycles. The Morgan fingerprint density at radius 1 is 1.30 bits per heavy atom. The number of rotatable bonds is 7. The van der Waals surface area contributed by atoms with Crippen LogP contribution in [0.5, 0.6) is 11.5 Å². The van der Waals surface area contributed by atoms with E-state index in [4.69, 9.17) is 9.47 Å². The van der Waals surface area contributed by atoms with Gasteiger partial charge in [0, 0.05) is 25.3 Å². The Hall–Kier alpha value is -1.75. The van der Waals surface area contributed by atoms with E-state index in [1.807, 2.05) is 32.0 Å². The number of likely N-dealkylation sites (tertiary alicyclic amines) is 1. The summed E-state index contributed by atoms with van der Waals surface area (Å²) in [5.41, 5.74) is 0.0383. The minimum absolute atomic E-state index is 0.0354. The van der Waals surface area contributed by atoms with Crippen molar-refractivity contribution in [2.24, 2.45) is 5.92 Å². The van der Waals surface area contributed by atoms with Crippen molar-refractivity contribution in [2.45, 2.75) is 45.3 Å². The van der Waals surface area contributed by atoms with Crippen LogP contribution in [0, 0.1) is 5.92 Å². The van der Waals surface area contributed by atoms with Crippen LogP contribution in [0.25, 0.3) is 0 Å². The standard InChI is InChI=1S/C18H27NO4/c1-5-13(2)18(21)10-8-17(20)19(18)11-9-14-6-7-15(22-3)16(12-14)23-4/h6-7,12-13,21H,5,8-11H2,1-4H3. The number of benzene rings is 1. The third kappa shape index (κ3) is 3.44. The van der Waals surface area contributed by atoms with Crippen LogP contribution in [-0.2, 0) is 11.2 Å². The molecule has 0 aromatic heterocycles. The fourth-order valence-electron chi connectivity index (χ4n) is 3.21. The molecule has 1 aliphatic heterocycles. The second-order valence-corrected chi connectivity index (χ2v) is 6.17. The highest BCUT2D eigenvalue weighted by Crippen LogP contribution is 2.36. The minimum Gasteiger partial charge on any atom is -0.493 e. The highest BCUT2D eigenvalue weighted by molar-refractivity contribution is 5.79. The number of hydrogen-bond acceptors (Lipinski definition) is 4. The molecule has 5 heteroatoms. The maximum absolute atomic E-state index is 12.2. The lowest BCUT2D eigenvalue weighted by molar-refractivity contribution is -0.155. The van der Waals surface area contributed by atoms with Crippen molar-refractivity contribution in [2.75, 3.05) is 20.8 Å². The maximum Gasteiger partial charge on any atom is 0.225 e. The molecule has 0 aliphatic carbocycles. The first-order valence-electron chi connectivity index (χ1n) is 8.20. The normalized spacial score (nSPS) is 22.3. The van der Waals surface area contributed by atoms with Crippen LogP contribution in [0.2, 0.25) is 0 Å². The van der Waals surface area contributed by atoms with Crippen molar-refractivity contribution in [1.29, 1.82) is 0 Å². The first-order valence-corrected chi connectivity index (χ1v) is 8.20. The lowest BCUT2D eigenvalue weighted by atomic mass is 9.92. The fraction of sp³-hybridized carbons (Fsp3) is 0.611. The summed E-state index contributed by atoms with van der Waals surface area (Å²) in [6, 6.07) is 5.74. The van der Waals surface area contributed by atoms with E-state index in [9.17, 15) is 9.90 Å². The van der Waals surface area contributed by atoms with Gasteiger partial charge in [-0.25, -0.2) is 0 Å². The number of carbonyl (C=O) groups excluding carboxylic acids is 1. The van der Waals surface area contributed by atoms with Gasteiger partial charge in [-0.15, -0.1) is 0 Å². The van der Waals surface area contributed by atoms with Gasteiger partial charge in [-0.1, -0.05) is 19.9 Å². The molecule has 1 heterocycles. The lowest BCUT2D eigenvalue weighted by Gasteiger charge is -2.38. The Kier molecular flexibility index (Phi) is 5.52. The van der Waals surface area contributed by atoms with Crippen LogP contribution in [-0.4, -0.2) is 42.4 Å². The zero-order valence-electron chi connectivity index (χ0n) is 14.5. The van der Waals surface area contributed by atoms with Gasteiger partial charge < -0.3 is 19.5 Å². The first-order chi connectivity index (χ1) is 11.0. The van der Waals surface area contributed by atoms with Gasteiger partial charge in [-0.2, -0.15) is 0 Å². The van der Waals surface area contributed by atoms with Crippen LogP contribution in [0.4, 0.5) is 0 Å². The van der Waals surface area contributed by atoms with Crippen molar-refractivity contribution >= 4 is 5.91 Å². The number of amides is 1. The molecule has 1 fully saturated rings. The molecule has 2 rings (SSSR count). The number of methoxy groups -OCH3 is 2. The molecule has 5 nitrogen and oxygen atoms in total. The third-order valence-electron chi connectivity index (χ3n) is 4.95. The summed E-state index contributed by atoms with van der Waals surface area (Å²) < 4.78 is 10.5. The number of ether oxygens (including phenoxy) is 2. The second kappa shape index (κ2) is 7.21. The van der Waals surface area contributed by atoms with Crippen molar-refractivity contribution in [1.82, 2.24) is 4.90 Å². The van der Waals surface area contributed by atoms with E-state index in [1.54, 1.807) is 19.1 Å². The molecule has 0 spiro atoms. The quantitative estimate of drug-likeness (QED) is 0.838. The summed E-state index contributed by atoms with van der Waals surface area (Å²) in [5, 5.41) is 10.9. The van der Waals surface area contributed by atoms with Gasteiger partial charge in [-0.3, -0.25) is 4.79 Å². The molecule has 0 bridgehead atoms. The van der Waals surface area contributed by atoms with Gasteiger partial charge in [0.2, 0.25) is 5.91 Å². The summed E-state index contributed by atoms with van der Waals surface area (Å²) in [6.07, 6.45) is 2.46. The van der Waals surface area contributed by atoms with Crippen LogP contribution in [0.3, 0.4) is 0 Å². The SMILES string of the molecule is CCC(C)C1(O)CCC(=O)N1CCc1ccc(OC)c(OC)c1. The van der Waals surface area contributed by atoms with E-state index < -0.39 is 5.72 Å². The monoisotopic (exact) mass is 321 g/mol. The smallest absolute Gasteiger partial charge is 0.225 e. The Morgan fingerprint density at radius 2 is 2.00 bits per heavy atom. The van der Waals surface area contributed by atoms with Gasteiger partial charge in [0.05, 0.1) is 14.2 Å². The molecule has 1 amide bonds. The molecule has 0 radical (unpaired) electrons. The molecule has 1 N–H and O–H groups in total. The highest BCUT2D eigenvalue weighted by Gasteiger charge is 2.46. The molecule has 23 heavy (non-hydrogen) atoms. The van der Waals surface area contributed by atoms with Gasteiger partial charge in [0.1, 0.15) is 5.72 Å². The van der Waals surface area contributed by atoms with Gasteiger partial charge >= 0.3 is 0 Å². The van der Waals surface area contributed by atoms with E-state index in [1.165, 1.54) is 0 Å². The van der Waals surface area contributed by atoms with Crippen molar-refractivity contribution < 1.29 is 19.4 Å². The predicted octanol–water partition coefficient (Wildman–Crippen LogP) is 2.60. The van der Waals surface area contributed by atoms with E-state index in [0.29, 0.717) is 37.3 Å². The summed E-state index contributed by atoms with van der Waals surface area (Å²) in [4.78, 5) is 13.8. The van der Waals surface area contributed by atoms with Gasteiger partial charge in [-0.05, 0) is 30.5 Å². The van der Waals surface area contributed by atoms with E-state index in [0.717, 1.165) is 12.0 Å². The van der Waals surface area contributed by atoms with Crippen LogP contribution >= 0.6 is 0 Å². The molecule has 0 saturated carbocycles. The molecule has 1 aliphatic rings. The molecule has 1 saturated heterocycles. The predicted molar refractivity (Wildman–Crippen MR) is 88.6 cm³/mol. The minimum atomic E-state index is -1.01. The van der Waals surface area contributed by atoms with Crippen LogP contribution in [0.1, 0.15) is 38.7 Å². The first kappa shape index (κ1) is 17.6. The zero-order chi connectivity index (χ0) is 17.0. The van der Waals surface area contributed by atoms with E-state index in [-0.39, 0.29) is 11.8 Å². The summed E-state index contributed by atoms with van der Waals surface area (Å²) in [6.45, 7) is 4.55. The number of nitrogens with zero attached hydrogens (tertiary/aromatic N) is 1. The average molecular weight is 321 g/mol. The molecular weight excluding hydrogens is 294 g/mol. The Labute approximate surface area is 138 Å². The van der Waals surface area contributed by atoms with Crippen molar-refractivity contribution in [3.63, 3.8) is 0 Å². The Balaban J connectivity index is 2.11. The van der Waals surface area contributed by atoms with E-state index >= 15 is 0 Å². The van der Waals surface area contributed by atoms with Crippen molar-refractivity contribution in [3.05, 3.63) is 23.8 Å². The van der Waals surface area contributed by atoms with Gasteiger partial charge in [0.15, 0.2) is 11.5 Å². The molecule has 2 unspecified atom stereocenters. The maximum atomic E-state index is 12.2. The van der Waals surface area contributed by atoms with Crippen molar-refractivity contribution in [3.8, 4) is 11.5 Å². The lowest BCUT2D eigenvalue weighted by Crippen LogP contribution is -2.51. The summed E-state index contributed by atoms with van der Waals surface area (Å²) in [5.74, 6) is 1.46. The molecular formula is C18H27NO4. The van der Waals surface area contributed by atoms with Crippen LogP contribution in [0.15, 0.2) is 18.2 Å². The zero-order valence-corrected chi connectivity index (χ0v) is 14.5. The summed E-state index contributed by atoms with van der Waals surface area (Å²) in [7, 11) is 3.21. The average Bonchev–Trinajstić information content (AvgIpc) is 2.87. The topological polar surface area (TPSA) is 59.0 Å².